The molecule has 0 saturated heterocycles. The third kappa shape index (κ3) is 8.30. The molecule has 39 heavy (non-hydrogen) atoms. The van der Waals surface area contributed by atoms with Crippen molar-refractivity contribution in [2.75, 3.05) is 76.0 Å². The van der Waals surface area contributed by atoms with Crippen molar-refractivity contribution in [2.45, 2.75) is 13.8 Å². The smallest absolute Gasteiger partial charge is 0.416 e. The molecular formula is C32H40N6Pt. The van der Waals surface area contributed by atoms with Crippen LogP contribution >= 0.6 is 0 Å². The van der Waals surface area contributed by atoms with Crippen molar-refractivity contribution in [3.63, 3.8) is 0 Å². The average molecular weight is 704 g/mol. The predicted octanol–water partition coefficient (Wildman–Crippen LogP) is 5.98. The Morgan fingerprint density at radius 1 is 0.513 bits per heavy atom. The number of benzene rings is 2. The summed E-state index contributed by atoms with van der Waals surface area (Å²) in [7, 11) is 16.3. The third-order valence-corrected chi connectivity index (χ3v) is 6.31. The van der Waals surface area contributed by atoms with Gasteiger partial charge in [-0.3, -0.25) is 0 Å². The summed E-state index contributed by atoms with van der Waals surface area (Å²) < 4.78 is 0. The van der Waals surface area contributed by atoms with E-state index in [1.54, 1.807) is 0 Å². The zero-order chi connectivity index (χ0) is 28.0. The van der Waals surface area contributed by atoms with Gasteiger partial charge in [-0.1, -0.05) is 26.0 Å². The maximum Gasteiger partial charge on any atom is 2.00 e. The number of aryl methyl sites for hydroxylation is 2. The molecule has 0 aliphatic rings. The monoisotopic (exact) mass is 703 g/mol. The summed E-state index contributed by atoms with van der Waals surface area (Å²) in [6, 6.07) is 23.2. The fourth-order valence-electron chi connectivity index (χ4n) is 3.93. The molecule has 2 aromatic heterocycles. The number of anilines is 4. The topological polar surface area (TPSA) is 38.7 Å². The fourth-order valence-corrected chi connectivity index (χ4v) is 3.93. The SMILES string of the molecule is Cc1cc(N(C)C)c[c-]c1-c1cc(N(C)C)ccn1.Cc1cc(N(C)C)c[c-]c1-c1cc(N(C)C)ccn1.[Pt+2]. The molecule has 4 aromatic rings. The largest absolute Gasteiger partial charge is 2.00 e. The molecule has 0 spiro atoms. The third-order valence-electron chi connectivity index (χ3n) is 6.31. The van der Waals surface area contributed by atoms with Gasteiger partial charge < -0.3 is 29.6 Å². The van der Waals surface area contributed by atoms with Crippen molar-refractivity contribution in [1.29, 1.82) is 0 Å². The van der Waals surface area contributed by atoms with E-state index in [1.165, 1.54) is 11.1 Å². The van der Waals surface area contributed by atoms with Crippen molar-refractivity contribution >= 4 is 22.7 Å². The molecule has 0 saturated carbocycles. The van der Waals surface area contributed by atoms with Crippen molar-refractivity contribution in [3.8, 4) is 22.5 Å². The van der Waals surface area contributed by atoms with Crippen LogP contribution in [0.4, 0.5) is 22.7 Å². The summed E-state index contributed by atoms with van der Waals surface area (Å²) in [6.07, 6.45) is 3.69. The Morgan fingerprint density at radius 2 is 0.846 bits per heavy atom. The van der Waals surface area contributed by atoms with Crippen molar-refractivity contribution in [2.24, 2.45) is 0 Å². The Balaban J connectivity index is 0.000000267. The van der Waals surface area contributed by atoms with Crippen LogP contribution < -0.4 is 19.6 Å². The van der Waals surface area contributed by atoms with E-state index in [1.807, 2.05) is 93.0 Å². The van der Waals surface area contributed by atoms with Gasteiger partial charge in [-0.25, -0.2) is 0 Å². The molecule has 7 heteroatoms. The number of pyridine rings is 2. The molecule has 208 valence electrons. The van der Waals surface area contributed by atoms with Gasteiger partial charge in [0.1, 0.15) is 0 Å². The average Bonchev–Trinajstić information content (AvgIpc) is 2.89. The molecule has 0 bridgehead atoms. The van der Waals surface area contributed by atoms with Crippen LogP contribution in [0.2, 0.25) is 0 Å². The quantitative estimate of drug-likeness (QED) is 0.231. The van der Waals surface area contributed by atoms with Crippen LogP contribution in [0.1, 0.15) is 11.1 Å². The van der Waals surface area contributed by atoms with Crippen LogP contribution in [0.25, 0.3) is 22.5 Å². The van der Waals surface area contributed by atoms with Crippen LogP contribution in [-0.4, -0.2) is 66.3 Å². The molecule has 2 heterocycles. The molecule has 0 radical (unpaired) electrons. The van der Waals surface area contributed by atoms with Gasteiger partial charge in [0.05, 0.1) is 0 Å². The Morgan fingerprint density at radius 3 is 1.13 bits per heavy atom. The number of hydrogen-bond acceptors (Lipinski definition) is 6. The molecular weight excluding hydrogens is 663 g/mol. The molecule has 0 aliphatic carbocycles. The normalized spacial score (nSPS) is 10.1. The van der Waals surface area contributed by atoms with Gasteiger partial charge in [-0.05, 0) is 63.1 Å². The van der Waals surface area contributed by atoms with Crippen LogP contribution in [0, 0.1) is 26.0 Å². The van der Waals surface area contributed by atoms with E-state index in [-0.39, 0.29) is 21.1 Å². The molecule has 2 aromatic carbocycles. The van der Waals surface area contributed by atoms with Crippen LogP contribution in [0.5, 0.6) is 0 Å². The molecule has 0 aliphatic heterocycles. The first-order valence-electron chi connectivity index (χ1n) is 12.6. The van der Waals surface area contributed by atoms with Crippen LogP contribution in [0.3, 0.4) is 0 Å². The Kier molecular flexibility index (Phi) is 11.5. The predicted molar refractivity (Wildman–Crippen MR) is 164 cm³/mol. The second-order valence-corrected chi connectivity index (χ2v) is 10.2. The maximum atomic E-state index is 4.46. The summed E-state index contributed by atoms with van der Waals surface area (Å²) in [4.78, 5) is 17.2. The minimum Gasteiger partial charge on any atom is -0.416 e. The molecule has 4 rings (SSSR count). The Labute approximate surface area is 249 Å². The molecule has 0 amide bonds. The van der Waals surface area contributed by atoms with Gasteiger partial charge in [0, 0.05) is 52.0 Å². The zero-order valence-electron chi connectivity index (χ0n) is 24.8. The minimum absolute atomic E-state index is 0. The maximum absolute atomic E-state index is 4.46. The first-order chi connectivity index (χ1) is 18.0. The van der Waals surface area contributed by atoms with Gasteiger partial charge in [-0.2, -0.15) is 0 Å². The van der Waals surface area contributed by atoms with Gasteiger partial charge in [-0.15, -0.1) is 58.7 Å². The van der Waals surface area contributed by atoms with Crippen LogP contribution in [0.15, 0.2) is 60.9 Å². The first-order valence-corrected chi connectivity index (χ1v) is 12.6. The van der Waals surface area contributed by atoms with Gasteiger partial charge in [0.2, 0.25) is 0 Å². The summed E-state index contributed by atoms with van der Waals surface area (Å²) >= 11 is 0. The van der Waals surface area contributed by atoms with E-state index >= 15 is 0 Å². The Bertz CT molecular complexity index is 1260. The van der Waals surface area contributed by atoms with Crippen LogP contribution in [-0.2, 0) is 21.1 Å². The summed E-state index contributed by atoms with van der Waals surface area (Å²) in [5, 5.41) is 0. The number of aromatic nitrogens is 2. The minimum atomic E-state index is 0. The van der Waals surface area contributed by atoms with Gasteiger partial charge >= 0.3 is 21.1 Å². The van der Waals surface area contributed by atoms with E-state index in [9.17, 15) is 0 Å². The van der Waals surface area contributed by atoms with E-state index in [2.05, 4.69) is 79.8 Å². The van der Waals surface area contributed by atoms with Crippen molar-refractivity contribution in [1.82, 2.24) is 9.97 Å². The summed E-state index contributed by atoms with van der Waals surface area (Å²) in [5.74, 6) is 0. The molecule has 6 nitrogen and oxygen atoms in total. The summed E-state index contributed by atoms with van der Waals surface area (Å²) in [6.45, 7) is 4.20. The first kappa shape index (κ1) is 31.8. The van der Waals surface area contributed by atoms with E-state index in [0.717, 1.165) is 45.3 Å². The second-order valence-electron chi connectivity index (χ2n) is 10.2. The number of nitrogens with zero attached hydrogens (tertiary/aromatic N) is 6. The van der Waals surface area contributed by atoms with Crippen molar-refractivity contribution in [3.05, 3.63) is 84.2 Å². The molecule has 0 N–H and O–H groups in total. The van der Waals surface area contributed by atoms with Crippen molar-refractivity contribution < 1.29 is 21.1 Å². The zero-order valence-corrected chi connectivity index (χ0v) is 27.0. The van der Waals surface area contributed by atoms with Gasteiger partial charge in [0.25, 0.3) is 0 Å². The summed E-state index contributed by atoms with van der Waals surface area (Å²) in [5.41, 5.74) is 11.1. The standard InChI is InChI=1S/2C16H20N3.Pt/c2*1-12-10-13(18(2)3)6-7-15(12)16-11-14(19(4)5)8-9-17-16;/h2*6,8-11H,1-5H3;/q2*-1;+2. The van der Waals surface area contributed by atoms with E-state index in [4.69, 9.17) is 0 Å². The van der Waals surface area contributed by atoms with E-state index < -0.39 is 0 Å². The molecule has 0 unspecified atom stereocenters. The number of rotatable bonds is 6. The molecule has 0 atom stereocenters. The van der Waals surface area contributed by atoms with E-state index in [0.29, 0.717) is 0 Å². The number of hydrogen-bond donors (Lipinski definition) is 0. The fraction of sp³-hybridized carbons (Fsp3) is 0.312. The second kappa shape index (κ2) is 14.1. The Hall–Kier alpha value is -3.37. The van der Waals surface area contributed by atoms with Gasteiger partial charge in [0.15, 0.2) is 0 Å². The molecule has 0 fully saturated rings.